The highest BCUT2D eigenvalue weighted by atomic mass is 16.4. The van der Waals surface area contributed by atoms with Crippen molar-refractivity contribution in [2.24, 2.45) is 18.4 Å². The molecule has 1 aliphatic rings. The van der Waals surface area contributed by atoms with Crippen molar-refractivity contribution in [1.29, 1.82) is 0 Å². The number of nitrogens with one attached hydrogen (secondary N) is 1. The molecule has 1 saturated heterocycles. The zero-order valence-electron chi connectivity index (χ0n) is 14.4. The maximum atomic E-state index is 12.6. The molecule has 0 unspecified atom stereocenters. The summed E-state index contributed by atoms with van der Waals surface area (Å²) in [5, 5.41) is 16.0. The van der Waals surface area contributed by atoms with E-state index in [-0.39, 0.29) is 18.4 Å². The topological polar surface area (TPSA) is 105 Å². The van der Waals surface area contributed by atoms with E-state index in [2.05, 4.69) is 10.4 Å². The van der Waals surface area contributed by atoms with Crippen LogP contribution < -0.4 is 5.32 Å². The zero-order valence-corrected chi connectivity index (χ0v) is 14.4. The summed E-state index contributed by atoms with van der Waals surface area (Å²) in [6, 6.07) is -0.395. The quantitative estimate of drug-likeness (QED) is 0.817. The number of carbonyl (C=O) groups is 3. The van der Waals surface area contributed by atoms with Gasteiger partial charge in [-0.3, -0.25) is 19.1 Å². The smallest absolute Gasteiger partial charge is 0.310 e. The number of carboxylic acids is 1. The van der Waals surface area contributed by atoms with Crippen LogP contribution in [0.2, 0.25) is 0 Å². The van der Waals surface area contributed by atoms with Crippen molar-refractivity contribution in [2.45, 2.75) is 32.7 Å². The number of carboxylic acid groups (broad SMARTS) is 1. The Bertz CT molecular complexity index is 652. The first-order valence-electron chi connectivity index (χ1n) is 7.89. The van der Waals surface area contributed by atoms with Gasteiger partial charge in [-0.05, 0) is 20.3 Å². The van der Waals surface area contributed by atoms with E-state index in [4.69, 9.17) is 5.11 Å². The minimum absolute atomic E-state index is 0.0150. The van der Waals surface area contributed by atoms with Crippen LogP contribution in [0.3, 0.4) is 0 Å². The summed E-state index contributed by atoms with van der Waals surface area (Å²) >= 11 is 0. The molecule has 0 aliphatic carbocycles. The molecule has 24 heavy (non-hydrogen) atoms. The second-order valence-electron chi connectivity index (χ2n) is 6.95. The number of piperidine rings is 1. The predicted octanol–water partition coefficient (Wildman–Crippen LogP) is 0.557. The highest BCUT2D eigenvalue weighted by molar-refractivity contribution is 5.85. The molecule has 1 fully saturated rings. The number of hydrogen-bond donors (Lipinski definition) is 2. The van der Waals surface area contributed by atoms with E-state index in [1.165, 1.54) is 0 Å². The van der Waals surface area contributed by atoms with E-state index >= 15 is 0 Å². The molecule has 0 saturated carbocycles. The second-order valence-corrected chi connectivity index (χ2v) is 6.95. The molecular formula is C16H24N4O4. The van der Waals surface area contributed by atoms with Crippen molar-refractivity contribution in [2.75, 3.05) is 13.6 Å². The number of carbonyl (C=O) groups excluding carboxylic acids is 2. The first-order chi connectivity index (χ1) is 11.1. The first kappa shape index (κ1) is 18.0. The van der Waals surface area contributed by atoms with Crippen LogP contribution in [-0.4, -0.2) is 51.2 Å². The normalized spacial score (nSPS) is 21.7. The summed E-state index contributed by atoms with van der Waals surface area (Å²) in [5.74, 6) is -1.65. The number of aryl methyl sites for hydroxylation is 1. The average molecular weight is 336 g/mol. The van der Waals surface area contributed by atoms with Gasteiger partial charge in [0, 0.05) is 38.8 Å². The highest BCUT2D eigenvalue weighted by Crippen LogP contribution is 2.35. The molecule has 2 N–H and O–H groups in total. The fourth-order valence-corrected chi connectivity index (χ4v) is 2.88. The van der Waals surface area contributed by atoms with Crippen molar-refractivity contribution >= 4 is 17.8 Å². The Hall–Kier alpha value is -2.38. The van der Waals surface area contributed by atoms with E-state index in [0.717, 1.165) is 5.56 Å². The Morgan fingerprint density at radius 1 is 1.42 bits per heavy atom. The Labute approximate surface area is 140 Å². The van der Waals surface area contributed by atoms with Crippen LogP contribution in [0, 0.1) is 11.3 Å². The summed E-state index contributed by atoms with van der Waals surface area (Å²) in [7, 11) is 3.46. The molecule has 0 bridgehead atoms. The minimum Gasteiger partial charge on any atom is -0.481 e. The Kier molecular flexibility index (Phi) is 4.96. The van der Waals surface area contributed by atoms with Gasteiger partial charge in [0.1, 0.15) is 0 Å². The maximum absolute atomic E-state index is 12.6. The molecule has 2 rings (SSSR count). The van der Waals surface area contributed by atoms with Crippen LogP contribution in [-0.2, 0) is 21.4 Å². The number of nitrogens with zero attached hydrogens (tertiary/aromatic N) is 3. The Morgan fingerprint density at radius 3 is 2.62 bits per heavy atom. The molecule has 8 heteroatoms. The van der Waals surface area contributed by atoms with Crippen molar-refractivity contribution in [3.05, 3.63) is 18.0 Å². The molecule has 132 valence electrons. The molecule has 0 spiro atoms. The van der Waals surface area contributed by atoms with Crippen LogP contribution in [0.15, 0.2) is 12.4 Å². The molecule has 2 atom stereocenters. The van der Waals surface area contributed by atoms with E-state index in [1.807, 2.05) is 0 Å². The molecular weight excluding hydrogens is 312 g/mol. The summed E-state index contributed by atoms with van der Waals surface area (Å²) in [5.41, 5.74) is -0.249. The van der Waals surface area contributed by atoms with Crippen LogP contribution in [0.5, 0.6) is 0 Å². The van der Waals surface area contributed by atoms with Crippen molar-refractivity contribution in [3.8, 4) is 0 Å². The monoisotopic (exact) mass is 336 g/mol. The second kappa shape index (κ2) is 6.62. The number of rotatable bonds is 5. The Balaban J connectivity index is 2.18. The van der Waals surface area contributed by atoms with Gasteiger partial charge in [-0.1, -0.05) is 0 Å². The van der Waals surface area contributed by atoms with E-state index in [9.17, 15) is 14.4 Å². The molecule has 8 nitrogen and oxygen atoms in total. The number of amides is 2. The Morgan fingerprint density at radius 2 is 2.08 bits per heavy atom. The van der Waals surface area contributed by atoms with Crippen molar-refractivity contribution < 1.29 is 19.5 Å². The van der Waals surface area contributed by atoms with Gasteiger partial charge < -0.3 is 15.3 Å². The highest BCUT2D eigenvalue weighted by Gasteiger charge is 2.40. The van der Waals surface area contributed by atoms with E-state index < -0.39 is 23.3 Å². The molecule has 1 aliphatic heterocycles. The zero-order chi connectivity index (χ0) is 18.1. The van der Waals surface area contributed by atoms with Gasteiger partial charge in [-0.25, -0.2) is 0 Å². The molecule has 0 radical (unpaired) electrons. The predicted molar refractivity (Wildman–Crippen MR) is 85.9 cm³/mol. The standard InChI is InChI=1S/C16H24N4O4/c1-16(2,15(23)24)9-17-14(22)11-5-6-12(21)20(4)13(11)10-7-18-19(3)8-10/h7-8,11,13H,5-6,9H2,1-4H3,(H,17,22)(H,23,24)/t11-,13-/m1/s1. The SMILES string of the molecule is CN1C(=O)CC[C@@H](C(=O)NCC(C)(C)C(=O)O)[C@H]1c1cnn(C)c1. The van der Waals surface area contributed by atoms with Gasteiger partial charge in [0.15, 0.2) is 0 Å². The number of likely N-dealkylation sites (tertiary alicyclic amines) is 1. The molecule has 1 aromatic rings. The third kappa shape index (κ3) is 3.58. The van der Waals surface area contributed by atoms with Gasteiger partial charge in [-0.15, -0.1) is 0 Å². The molecule has 1 aromatic heterocycles. The van der Waals surface area contributed by atoms with Crippen molar-refractivity contribution in [3.63, 3.8) is 0 Å². The average Bonchev–Trinajstić information content (AvgIpc) is 2.93. The third-order valence-electron chi connectivity index (χ3n) is 4.55. The van der Waals surface area contributed by atoms with Gasteiger partial charge in [0.05, 0.1) is 23.6 Å². The number of aromatic nitrogens is 2. The van der Waals surface area contributed by atoms with Gasteiger partial charge in [0.2, 0.25) is 11.8 Å². The maximum Gasteiger partial charge on any atom is 0.310 e. The van der Waals surface area contributed by atoms with Crippen LogP contribution >= 0.6 is 0 Å². The molecule has 0 aromatic carbocycles. The fourth-order valence-electron chi connectivity index (χ4n) is 2.88. The number of hydrogen-bond acceptors (Lipinski definition) is 4. The van der Waals surface area contributed by atoms with Gasteiger partial charge in [-0.2, -0.15) is 5.10 Å². The minimum atomic E-state index is -1.05. The summed E-state index contributed by atoms with van der Waals surface area (Å²) < 4.78 is 1.63. The van der Waals surface area contributed by atoms with Gasteiger partial charge >= 0.3 is 5.97 Å². The van der Waals surface area contributed by atoms with Crippen molar-refractivity contribution in [1.82, 2.24) is 20.0 Å². The van der Waals surface area contributed by atoms with Crippen LogP contribution in [0.4, 0.5) is 0 Å². The lowest BCUT2D eigenvalue weighted by molar-refractivity contribution is -0.147. The van der Waals surface area contributed by atoms with Gasteiger partial charge in [0.25, 0.3) is 0 Å². The van der Waals surface area contributed by atoms with E-state index in [1.54, 1.807) is 49.9 Å². The summed E-state index contributed by atoms with van der Waals surface area (Å²) in [6.45, 7) is 3.16. The first-order valence-corrected chi connectivity index (χ1v) is 7.89. The summed E-state index contributed by atoms with van der Waals surface area (Å²) in [6.07, 6.45) is 4.18. The fraction of sp³-hybridized carbons (Fsp3) is 0.625. The molecule has 2 amide bonds. The van der Waals surface area contributed by atoms with Crippen LogP contribution in [0.25, 0.3) is 0 Å². The summed E-state index contributed by atoms with van der Waals surface area (Å²) in [4.78, 5) is 37.4. The third-order valence-corrected chi connectivity index (χ3v) is 4.55. The lowest BCUT2D eigenvalue weighted by Gasteiger charge is -2.38. The molecule has 2 heterocycles. The lowest BCUT2D eigenvalue weighted by atomic mass is 9.84. The number of aliphatic carboxylic acids is 1. The van der Waals surface area contributed by atoms with Crippen LogP contribution in [0.1, 0.15) is 38.3 Å². The largest absolute Gasteiger partial charge is 0.481 e. The van der Waals surface area contributed by atoms with E-state index in [0.29, 0.717) is 12.8 Å². The lowest BCUT2D eigenvalue weighted by Crippen LogP contribution is -2.48.